The van der Waals surface area contributed by atoms with Crippen LogP contribution in [0.5, 0.6) is 0 Å². The lowest BCUT2D eigenvalue weighted by molar-refractivity contribution is -0.161. The van der Waals surface area contributed by atoms with Crippen molar-refractivity contribution in [1.82, 2.24) is 0 Å². The zero-order valence-corrected chi connectivity index (χ0v) is 68.0. The fourth-order valence-electron chi connectivity index (χ4n) is 12.7. The Bertz CT molecular complexity index is 1940. The first kappa shape index (κ1) is 99.1. The number of hydrogen-bond donors (Lipinski definition) is 3. The fourth-order valence-corrected chi connectivity index (χ4v) is 14.3. The zero-order valence-electron chi connectivity index (χ0n) is 66.2. The summed E-state index contributed by atoms with van der Waals surface area (Å²) in [6.45, 7) is 9.60. The summed E-state index contributed by atoms with van der Waals surface area (Å²) < 4.78 is 68.7. The third-order valence-electron chi connectivity index (χ3n) is 19.2. The van der Waals surface area contributed by atoms with Crippen molar-refractivity contribution in [2.45, 2.75) is 452 Å². The summed E-state index contributed by atoms with van der Waals surface area (Å²) in [5.74, 6) is -0.629. The molecule has 0 fully saturated rings. The highest BCUT2D eigenvalue weighted by molar-refractivity contribution is 7.47. The van der Waals surface area contributed by atoms with Crippen LogP contribution in [-0.2, 0) is 65.4 Å². The Kier molecular flexibility index (Phi) is 72.2. The van der Waals surface area contributed by atoms with E-state index in [1.165, 1.54) is 250 Å². The number of esters is 4. The normalized spacial score (nSPS) is 13.9. The molecule has 0 aromatic carbocycles. The molecule has 0 aliphatic heterocycles. The van der Waals surface area contributed by atoms with Crippen molar-refractivity contribution < 1.29 is 80.2 Å². The molecule has 0 aliphatic carbocycles. The molecule has 101 heavy (non-hydrogen) atoms. The van der Waals surface area contributed by atoms with E-state index in [4.69, 9.17) is 37.0 Å². The maximum Gasteiger partial charge on any atom is 0.472 e. The van der Waals surface area contributed by atoms with Gasteiger partial charge in [0.25, 0.3) is 0 Å². The third kappa shape index (κ3) is 76.1. The SMILES string of the molecule is CCCCCCCCCCCCCCCCCCCCCCCC(=O)O[C@H](COC(=O)CCCCCCCCCCCCCCCCCC)COP(=O)(O)OC[C@@H](O)COP(=O)(O)OC[C@@H](COC(=O)CCCCCCCCCCCC(C)C)OC(=O)CCCCCCCCCCCC(C)C. The van der Waals surface area contributed by atoms with E-state index < -0.39 is 97.5 Å². The van der Waals surface area contributed by atoms with Crippen molar-refractivity contribution in [3.05, 3.63) is 0 Å². The summed E-state index contributed by atoms with van der Waals surface area (Å²) in [6.07, 6.45) is 64.0. The standard InChI is InChI=1S/C82H160O17P2/c1-7-9-11-13-15-17-19-21-23-25-26-27-28-29-31-33-35-41-48-54-60-66-81(86)98-77(70-92-79(84)64-58-52-46-40-34-32-30-24-22-20-18-16-14-12-10-8-2)72-96-100(88,89)94-68-76(83)69-95-101(90,91)97-73-78(99-82(87)67-61-55-49-43-37-39-45-51-57-63-75(5)6)71-93-80(85)65-59-53-47-42-36-38-44-50-56-62-74(3)4/h74-78,83H,7-73H2,1-6H3,(H,88,89)(H,90,91)/t76-,77-,78-/m1/s1. The van der Waals surface area contributed by atoms with Crippen LogP contribution in [0.15, 0.2) is 0 Å². The minimum atomic E-state index is -4.96. The maximum absolute atomic E-state index is 13.1. The van der Waals surface area contributed by atoms with Crippen molar-refractivity contribution in [2.75, 3.05) is 39.6 Å². The lowest BCUT2D eigenvalue weighted by Gasteiger charge is -2.21. The van der Waals surface area contributed by atoms with Crippen LogP contribution in [0.25, 0.3) is 0 Å². The van der Waals surface area contributed by atoms with E-state index in [1.54, 1.807) is 0 Å². The molecule has 0 saturated heterocycles. The van der Waals surface area contributed by atoms with Crippen molar-refractivity contribution in [2.24, 2.45) is 11.8 Å². The number of ether oxygens (including phenoxy) is 4. The van der Waals surface area contributed by atoms with Crippen LogP contribution in [0.1, 0.15) is 433 Å². The summed E-state index contributed by atoms with van der Waals surface area (Å²) in [4.78, 5) is 73.1. The topological polar surface area (TPSA) is 237 Å². The van der Waals surface area contributed by atoms with Crippen LogP contribution in [0, 0.1) is 11.8 Å². The summed E-state index contributed by atoms with van der Waals surface area (Å²) in [7, 11) is -9.92. The number of hydrogen-bond acceptors (Lipinski definition) is 15. The molecule has 0 aromatic heterocycles. The number of carbonyl (C=O) groups is 4. The molecule has 0 aliphatic rings. The van der Waals surface area contributed by atoms with E-state index in [1.807, 2.05) is 0 Å². The van der Waals surface area contributed by atoms with Gasteiger partial charge in [0.2, 0.25) is 0 Å². The van der Waals surface area contributed by atoms with Gasteiger partial charge in [0.15, 0.2) is 12.2 Å². The van der Waals surface area contributed by atoms with Gasteiger partial charge in [-0.3, -0.25) is 37.3 Å². The van der Waals surface area contributed by atoms with Gasteiger partial charge < -0.3 is 33.8 Å². The van der Waals surface area contributed by atoms with E-state index in [2.05, 4.69) is 41.5 Å². The largest absolute Gasteiger partial charge is 0.472 e. The number of aliphatic hydroxyl groups is 1. The van der Waals surface area contributed by atoms with Crippen LogP contribution in [0.2, 0.25) is 0 Å². The minimum Gasteiger partial charge on any atom is -0.462 e. The molecule has 0 radical (unpaired) electrons. The third-order valence-corrected chi connectivity index (χ3v) is 21.1. The van der Waals surface area contributed by atoms with E-state index >= 15 is 0 Å². The minimum absolute atomic E-state index is 0.105. The Morgan fingerprint density at radius 1 is 0.267 bits per heavy atom. The van der Waals surface area contributed by atoms with Gasteiger partial charge in [-0.1, -0.05) is 382 Å². The summed E-state index contributed by atoms with van der Waals surface area (Å²) in [6, 6.07) is 0. The lowest BCUT2D eigenvalue weighted by Crippen LogP contribution is -2.30. The van der Waals surface area contributed by atoms with Crippen LogP contribution < -0.4 is 0 Å². The maximum atomic E-state index is 13.1. The highest BCUT2D eigenvalue weighted by Crippen LogP contribution is 2.45. The Morgan fingerprint density at radius 2 is 0.455 bits per heavy atom. The molecular weight excluding hydrogens is 1320 g/mol. The predicted octanol–water partition coefficient (Wildman–Crippen LogP) is 24.7. The van der Waals surface area contributed by atoms with E-state index in [-0.39, 0.29) is 25.7 Å². The van der Waals surface area contributed by atoms with Gasteiger partial charge in [0, 0.05) is 25.7 Å². The Balaban J connectivity index is 5.23. The number of unbranched alkanes of at least 4 members (excludes halogenated alkanes) is 51. The molecule has 2 unspecified atom stereocenters. The molecule has 5 atom stereocenters. The van der Waals surface area contributed by atoms with Crippen molar-refractivity contribution in [1.29, 1.82) is 0 Å². The van der Waals surface area contributed by atoms with Crippen molar-refractivity contribution >= 4 is 39.5 Å². The van der Waals surface area contributed by atoms with E-state index in [0.29, 0.717) is 25.7 Å². The molecule has 0 heterocycles. The van der Waals surface area contributed by atoms with Gasteiger partial charge in [-0.2, -0.15) is 0 Å². The first-order valence-corrected chi connectivity index (χ1v) is 45.5. The quantitative estimate of drug-likeness (QED) is 0.0222. The van der Waals surface area contributed by atoms with E-state index in [9.17, 15) is 43.2 Å². The molecule has 0 aromatic rings. The van der Waals surface area contributed by atoms with Gasteiger partial charge in [-0.25, -0.2) is 9.13 Å². The van der Waals surface area contributed by atoms with Gasteiger partial charge in [-0.05, 0) is 37.5 Å². The zero-order chi connectivity index (χ0) is 74.2. The highest BCUT2D eigenvalue weighted by Gasteiger charge is 2.30. The Hall–Kier alpha value is -1.94. The molecule has 3 N–H and O–H groups in total. The lowest BCUT2D eigenvalue weighted by atomic mass is 10.0. The number of aliphatic hydroxyl groups excluding tert-OH is 1. The Labute approximate surface area is 619 Å². The molecule has 19 heteroatoms. The molecule has 0 bridgehead atoms. The highest BCUT2D eigenvalue weighted by atomic mass is 31.2. The van der Waals surface area contributed by atoms with E-state index in [0.717, 1.165) is 102 Å². The monoisotopic (exact) mass is 1480 g/mol. The van der Waals surface area contributed by atoms with Crippen molar-refractivity contribution in [3.63, 3.8) is 0 Å². The van der Waals surface area contributed by atoms with Crippen LogP contribution in [-0.4, -0.2) is 96.7 Å². The number of carbonyl (C=O) groups excluding carboxylic acids is 4. The van der Waals surface area contributed by atoms with Gasteiger partial charge in [0.1, 0.15) is 19.3 Å². The van der Waals surface area contributed by atoms with Crippen LogP contribution in [0.3, 0.4) is 0 Å². The molecule has 0 amide bonds. The second-order valence-corrected chi connectivity index (χ2v) is 33.4. The van der Waals surface area contributed by atoms with Crippen LogP contribution >= 0.6 is 15.6 Å². The van der Waals surface area contributed by atoms with Gasteiger partial charge in [0.05, 0.1) is 26.4 Å². The molecular formula is C82H160O17P2. The first-order chi connectivity index (χ1) is 48.9. The second kappa shape index (κ2) is 73.6. The predicted molar refractivity (Wildman–Crippen MR) is 414 cm³/mol. The molecule has 17 nitrogen and oxygen atoms in total. The second-order valence-electron chi connectivity index (χ2n) is 30.5. The molecule has 600 valence electrons. The average Bonchev–Trinajstić information content (AvgIpc) is 1.07. The number of phosphoric acid groups is 2. The first-order valence-electron chi connectivity index (χ1n) is 42.5. The molecule has 0 spiro atoms. The smallest absolute Gasteiger partial charge is 0.462 e. The summed E-state index contributed by atoms with van der Waals surface area (Å²) >= 11 is 0. The number of phosphoric ester groups is 2. The number of rotatable bonds is 81. The Morgan fingerprint density at radius 3 is 0.673 bits per heavy atom. The average molecular weight is 1480 g/mol. The van der Waals surface area contributed by atoms with Crippen LogP contribution in [0.4, 0.5) is 0 Å². The fraction of sp³-hybridized carbons (Fsp3) is 0.951. The molecule has 0 rings (SSSR count). The van der Waals surface area contributed by atoms with Gasteiger partial charge >= 0.3 is 39.5 Å². The molecule has 0 saturated carbocycles. The summed E-state index contributed by atoms with van der Waals surface area (Å²) in [5, 5.41) is 10.6. The van der Waals surface area contributed by atoms with Gasteiger partial charge in [-0.15, -0.1) is 0 Å². The summed E-state index contributed by atoms with van der Waals surface area (Å²) in [5.41, 5.74) is 0. The van der Waals surface area contributed by atoms with Crippen molar-refractivity contribution in [3.8, 4) is 0 Å².